The summed E-state index contributed by atoms with van der Waals surface area (Å²) in [6, 6.07) is 7.32. The third-order valence-electron chi connectivity index (χ3n) is 11.1. The summed E-state index contributed by atoms with van der Waals surface area (Å²) in [5, 5.41) is 17.7. The first-order valence-electron chi connectivity index (χ1n) is 16.9. The number of alkyl halides is 3. The van der Waals surface area contributed by atoms with Gasteiger partial charge in [0, 0.05) is 36.8 Å². The normalized spacial score (nSPS) is 27.5. The van der Waals surface area contributed by atoms with E-state index in [9.17, 15) is 18.4 Å². The number of fused-ring (bicyclic) bond motifs is 5. The molecule has 1 spiro atoms. The Hall–Kier alpha value is -4.15. The summed E-state index contributed by atoms with van der Waals surface area (Å²) in [6.45, 7) is 2.21. The van der Waals surface area contributed by atoms with Crippen molar-refractivity contribution in [1.29, 1.82) is 5.26 Å². The number of anilines is 1. The zero-order valence-electron chi connectivity index (χ0n) is 27.1. The van der Waals surface area contributed by atoms with E-state index in [0.717, 1.165) is 54.6 Å². The van der Waals surface area contributed by atoms with Gasteiger partial charge < -0.3 is 24.9 Å². The number of nitrogens with one attached hydrogen (secondary N) is 1. The summed E-state index contributed by atoms with van der Waals surface area (Å²) in [5.41, 5.74) is 11.8. The van der Waals surface area contributed by atoms with Crippen molar-refractivity contribution in [3.05, 3.63) is 52.5 Å². The Labute approximate surface area is 276 Å². The van der Waals surface area contributed by atoms with Crippen molar-refractivity contribution in [2.75, 3.05) is 32.4 Å². The van der Waals surface area contributed by atoms with Crippen LogP contribution in [0.25, 0.3) is 22.4 Å². The van der Waals surface area contributed by atoms with Crippen molar-refractivity contribution >= 4 is 16.7 Å². The Balaban J connectivity index is 1.26. The zero-order chi connectivity index (χ0) is 33.4. The molecule has 0 amide bonds. The van der Waals surface area contributed by atoms with Crippen molar-refractivity contribution < 1.29 is 22.4 Å². The average molecular weight is 661 g/mol. The Morgan fingerprint density at radius 2 is 2.04 bits per heavy atom. The van der Waals surface area contributed by atoms with E-state index in [-0.39, 0.29) is 24.9 Å². The molecule has 0 radical (unpaired) electrons. The number of ether oxygens (including phenoxy) is 1. The number of likely N-dealkylation sites (N-methyl/N-ethyl adjacent to an activating group) is 1. The highest BCUT2D eigenvalue weighted by Crippen LogP contribution is 2.53. The number of rotatable bonds is 5. The largest absolute Gasteiger partial charge is 0.471 e. The molecule has 2 aliphatic heterocycles. The average Bonchev–Trinajstić information content (AvgIpc) is 3.78. The number of hydrogen-bond donors (Lipinski definition) is 2. The molecule has 2 fully saturated rings. The number of nitrogen functional groups attached to an aromatic ring is 1. The maximum atomic E-state index is 14.6. The molecule has 13 heteroatoms. The molecule has 4 aromatic rings. The lowest BCUT2D eigenvalue weighted by Crippen LogP contribution is -2.44. The standard InChI is InChI=1S/C35H39F3N8O2/c1-19(27-11-21(36)16-45(27)2)47-33-31-28(46(18-42-31)22-13-35(37,38)17-41-15-22)12-26(43-33)30-23-6-4-10-34(32(23)48-44-30)9-3-5-20-7-8-25(40)24(14-39)29(20)34/h7-8,12,18-19,21-22,27,41H,3-6,9-11,13,15-17,40H2,1-2H3/t19-,21+,22-,27-,34+/m0/s1. The van der Waals surface area contributed by atoms with Crippen LogP contribution in [0.5, 0.6) is 5.88 Å². The number of halogens is 3. The van der Waals surface area contributed by atoms with Gasteiger partial charge in [0.05, 0.1) is 41.1 Å². The number of piperidine rings is 1. The number of nitrogens with two attached hydrogens (primary N) is 1. The number of hydrogen-bond acceptors (Lipinski definition) is 9. The monoisotopic (exact) mass is 660 g/mol. The van der Waals surface area contributed by atoms with Crippen LogP contribution in [0.1, 0.15) is 79.5 Å². The predicted octanol–water partition coefficient (Wildman–Crippen LogP) is 5.48. The number of nitrogens with zero attached hydrogens (tertiary/aromatic N) is 6. The van der Waals surface area contributed by atoms with Gasteiger partial charge in [0.15, 0.2) is 11.3 Å². The molecule has 0 saturated carbocycles. The first-order chi connectivity index (χ1) is 23.1. The van der Waals surface area contributed by atoms with Crippen LogP contribution in [-0.4, -0.2) is 75.5 Å². The summed E-state index contributed by atoms with van der Waals surface area (Å²) in [5.74, 6) is -1.89. The van der Waals surface area contributed by atoms with Crippen LogP contribution in [0, 0.1) is 11.3 Å². The lowest BCUT2D eigenvalue weighted by Gasteiger charge is -2.41. The first kappa shape index (κ1) is 31.1. The molecule has 5 atom stereocenters. The van der Waals surface area contributed by atoms with E-state index >= 15 is 0 Å². The third-order valence-corrected chi connectivity index (χ3v) is 11.1. The molecule has 0 bridgehead atoms. The lowest BCUT2D eigenvalue weighted by molar-refractivity contribution is -0.0360. The topological polar surface area (TPSA) is 131 Å². The molecule has 1 aromatic carbocycles. The maximum Gasteiger partial charge on any atom is 0.262 e. The van der Waals surface area contributed by atoms with Gasteiger partial charge in [0.25, 0.3) is 5.92 Å². The summed E-state index contributed by atoms with van der Waals surface area (Å²) >= 11 is 0. The SMILES string of the molecule is C[C@H](Oc1nc(-c2noc3c2CCC[C@@]32CCCc3ccc(N)c(C#N)c32)cc2c1ncn2[C@@H]1CNCC(F)(F)C1)[C@@H]1C[C@@H](F)CN1C. The van der Waals surface area contributed by atoms with E-state index in [2.05, 4.69) is 21.5 Å². The molecule has 252 valence electrons. The highest BCUT2D eigenvalue weighted by molar-refractivity contribution is 5.85. The van der Waals surface area contributed by atoms with E-state index in [0.29, 0.717) is 59.6 Å². The highest BCUT2D eigenvalue weighted by atomic mass is 19.3. The minimum absolute atomic E-state index is 0.170. The number of pyridine rings is 1. The summed E-state index contributed by atoms with van der Waals surface area (Å²) in [6.07, 6.45) is 5.17. The van der Waals surface area contributed by atoms with E-state index in [1.807, 2.05) is 37.1 Å². The minimum Gasteiger partial charge on any atom is -0.471 e. The van der Waals surface area contributed by atoms with E-state index in [4.69, 9.17) is 20.0 Å². The Kier molecular flexibility index (Phi) is 7.45. The van der Waals surface area contributed by atoms with Crippen LogP contribution < -0.4 is 15.8 Å². The quantitative estimate of drug-likeness (QED) is 0.267. The Morgan fingerprint density at radius 3 is 2.79 bits per heavy atom. The molecule has 3 N–H and O–H groups in total. The molecule has 2 saturated heterocycles. The van der Waals surface area contributed by atoms with Gasteiger partial charge in [0.1, 0.15) is 24.0 Å². The van der Waals surface area contributed by atoms with Crippen molar-refractivity contribution in [2.45, 2.75) is 94.0 Å². The van der Waals surface area contributed by atoms with Gasteiger partial charge in [-0.3, -0.25) is 4.90 Å². The van der Waals surface area contributed by atoms with Crippen molar-refractivity contribution in [2.24, 2.45) is 0 Å². The fraction of sp³-hybridized carbons (Fsp3) is 0.543. The summed E-state index contributed by atoms with van der Waals surface area (Å²) < 4.78 is 58.0. The number of aromatic nitrogens is 4. The Bertz CT molecular complexity index is 1930. The minimum atomic E-state index is -2.86. The number of nitriles is 1. The van der Waals surface area contributed by atoms with Gasteiger partial charge in [-0.2, -0.15) is 5.26 Å². The number of imidazole rings is 1. The van der Waals surface area contributed by atoms with E-state index in [1.54, 1.807) is 10.9 Å². The summed E-state index contributed by atoms with van der Waals surface area (Å²) in [4.78, 5) is 11.5. The maximum absolute atomic E-state index is 14.6. The molecule has 8 rings (SSSR count). The second-order valence-electron chi connectivity index (χ2n) is 14.1. The second-order valence-corrected chi connectivity index (χ2v) is 14.1. The van der Waals surface area contributed by atoms with Crippen molar-refractivity contribution in [1.82, 2.24) is 29.9 Å². The molecule has 4 aliphatic rings. The molecule has 0 unspecified atom stereocenters. The Morgan fingerprint density at radius 1 is 1.23 bits per heavy atom. The molecule has 2 aliphatic carbocycles. The number of likely N-dealkylation sites (tertiary alicyclic amines) is 1. The van der Waals surface area contributed by atoms with Gasteiger partial charge >= 0.3 is 0 Å². The van der Waals surface area contributed by atoms with Crippen LogP contribution in [0.2, 0.25) is 0 Å². The number of aryl methyl sites for hydroxylation is 1. The molecular formula is C35H39F3N8O2. The second kappa shape index (κ2) is 11.5. The van der Waals surface area contributed by atoms with E-state index in [1.165, 1.54) is 0 Å². The fourth-order valence-electron chi connectivity index (χ4n) is 8.89. The smallest absolute Gasteiger partial charge is 0.262 e. The van der Waals surface area contributed by atoms with Crippen LogP contribution >= 0.6 is 0 Å². The van der Waals surface area contributed by atoms with E-state index < -0.39 is 29.7 Å². The first-order valence-corrected chi connectivity index (χ1v) is 16.9. The van der Waals surface area contributed by atoms with Crippen LogP contribution in [-0.2, 0) is 18.3 Å². The summed E-state index contributed by atoms with van der Waals surface area (Å²) in [7, 11) is 1.88. The van der Waals surface area contributed by atoms with Crippen molar-refractivity contribution in [3.63, 3.8) is 0 Å². The highest BCUT2D eigenvalue weighted by Gasteiger charge is 2.48. The molecule has 5 heterocycles. The third kappa shape index (κ3) is 4.94. The molecule has 10 nitrogen and oxygen atoms in total. The molecule has 3 aromatic heterocycles. The lowest BCUT2D eigenvalue weighted by atomic mass is 9.61. The van der Waals surface area contributed by atoms with Gasteiger partial charge in [0.2, 0.25) is 5.88 Å². The predicted molar refractivity (Wildman–Crippen MR) is 173 cm³/mol. The molecular weight excluding hydrogens is 621 g/mol. The van der Waals surface area contributed by atoms with Gasteiger partial charge in [-0.15, -0.1) is 0 Å². The molecule has 48 heavy (non-hydrogen) atoms. The van der Waals surface area contributed by atoms with Crippen LogP contribution in [0.15, 0.2) is 29.0 Å². The van der Waals surface area contributed by atoms with Crippen LogP contribution in [0.4, 0.5) is 18.9 Å². The fourth-order valence-corrected chi connectivity index (χ4v) is 8.89. The van der Waals surface area contributed by atoms with Crippen molar-refractivity contribution in [3.8, 4) is 23.3 Å². The van der Waals surface area contributed by atoms with Crippen LogP contribution in [0.3, 0.4) is 0 Å². The van der Waals surface area contributed by atoms with Gasteiger partial charge in [-0.05, 0) is 82.2 Å². The van der Waals surface area contributed by atoms with Gasteiger partial charge in [-0.25, -0.2) is 23.1 Å². The zero-order valence-corrected chi connectivity index (χ0v) is 27.1. The number of benzene rings is 1. The van der Waals surface area contributed by atoms with Gasteiger partial charge in [-0.1, -0.05) is 11.2 Å².